The minimum atomic E-state index is -0.309. The van der Waals surface area contributed by atoms with E-state index in [0.717, 1.165) is 18.3 Å². The smallest absolute Gasteiger partial charge is 0.133 e. The van der Waals surface area contributed by atoms with E-state index in [1.54, 1.807) is 6.92 Å². The number of ketones is 1. The fraction of sp³-hybridized carbons (Fsp3) is 0.966. The van der Waals surface area contributed by atoms with Crippen molar-refractivity contribution in [2.24, 2.45) is 56.7 Å². The van der Waals surface area contributed by atoms with E-state index in [9.17, 15) is 9.90 Å². The Bertz CT molecular complexity index is 771. The van der Waals surface area contributed by atoms with Gasteiger partial charge in [-0.1, -0.05) is 48.0 Å². The molecule has 176 valence electrons. The molecule has 0 spiro atoms. The zero-order valence-electron chi connectivity index (χ0n) is 21.4. The topological polar surface area (TPSA) is 37.3 Å². The number of Topliss-reactive ketones (excluding diaryl/α,β-unsaturated/α-hetero) is 1. The fourth-order valence-corrected chi connectivity index (χ4v) is 11.7. The number of fused-ring (bicyclic) bond motifs is 7. The average molecular weight is 429 g/mol. The minimum absolute atomic E-state index is 0.0824. The van der Waals surface area contributed by atoms with E-state index >= 15 is 0 Å². The molecular formula is C29H48O2. The van der Waals surface area contributed by atoms with E-state index in [1.807, 2.05) is 0 Å². The number of carbonyl (C=O) groups excluding carboxylic acids is 1. The molecule has 31 heavy (non-hydrogen) atoms. The van der Waals surface area contributed by atoms with Crippen molar-refractivity contribution in [3.8, 4) is 0 Å². The summed E-state index contributed by atoms with van der Waals surface area (Å²) in [4.78, 5) is 12.5. The van der Waals surface area contributed by atoms with Crippen LogP contribution in [0.25, 0.3) is 0 Å². The van der Waals surface area contributed by atoms with E-state index in [4.69, 9.17) is 0 Å². The van der Waals surface area contributed by atoms with Crippen LogP contribution in [0, 0.1) is 56.7 Å². The Morgan fingerprint density at radius 3 is 2.06 bits per heavy atom. The van der Waals surface area contributed by atoms with Crippen LogP contribution in [-0.4, -0.2) is 17.0 Å². The molecule has 5 aliphatic carbocycles. The summed E-state index contributed by atoms with van der Waals surface area (Å²) in [6, 6.07) is 0. The van der Waals surface area contributed by atoms with Gasteiger partial charge in [-0.3, -0.25) is 4.79 Å². The molecule has 0 amide bonds. The predicted octanol–water partition coefficient (Wildman–Crippen LogP) is 7.04. The monoisotopic (exact) mass is 428 g/mol. The van der Waals surface area contributed by atoms with Crippen molar-refractivity contribution in [2.75, 3.05) is 0 Å². The van der Waals surface area contributed by atoms with Gasteiger partial charge < -0.3 is 5.11 Å². The average Bonchev–Trinajstić information content (AvgIpc) is 2.93. The van der Waals surface area contributed by atoms with Gasteiger partial charge in [0.05, 0.1) is 6.10 Å². The summed E-state index contributed by atoms with van der Waals surface area (Å²) in [5, 5.41) is 11.4. The third kappa shape index (κ3) is 2.58. The van der Waals surface area contributed by atoms with Crippen LogP contribution in [-0.2, 0) is 4.79 Å². The van der Waals surface area contributed by atoms with Gasteiger partial charge in [0, 0.05) is 11.3 Å². The van der Waals surface area contributed by atoms with Crippen molar-refractivity contribution in [3.63, 3.8) is 0 Å². The lowest BCUT2D eigenvalue weighted by molar-refractivity contribution is -0.249. The molecule has 5 saturated carbocycles. The highest BCUT2D eigenvalue weighted by molar-refractivity contribution is 5.79. The Hall–Kier alpha value is -0.370. The van der Waals surface area contributed by atoms with Crippen molar-refractivity contribution in [2.45, 2.75) is 119 Å². The quantitative estimate of drug-likeness (QED) is 0.486. The van der Waals surface area contributed by atoms with Crippen LogP contribution in [0.3, 0.4) is 0 Å². The standard InChI is InChI=1S/C29H48O2/c1-18(30)19-17-24(31)29(7)20(19)11-15-28(6)23(29)10-9-22-26(4)14-8-13-25(2,3)21(26)12-16-27(22,28)5/h19-24,31H,8-17H2,1-7H3/t19-,20-,21+,22+,23-,24-,26+,27-,28-,29+/m1/s1. The van der Waals surface area contributed by atoms with Crippen molar-refractivity contribution in [3.05, 3.63) is 0 Å². The molecule has 5 rings (SSSR count). The lowest BCUT2D eigenvalue weighted by Crippen LogP contribution is -2.66. The maximum absolute atomic E-state index is 12.5. The molecule has 0 radical (unpaired) electrons. The SMILES string of the molecule is CC(=O)[C@H]1C[C@@H](O)[C@@]2(C)[C@@H]1CC[C@]1(C)[C@H]2CC[C@H]2[C@@]3(C)CCCC(C)(C)[C@@H]3CC[C@]21C. The molecule has 0 heterocycles. The van der Waals surface area contributed by atoms with Gasteiger partial charge in [0.1, 0.15) is 5.78 Å². The Kier molecular flexibility index (Phi) is 4.78. The molecule has 0 aromatic rings. The third-order valence-corrected chi connectivity index (χ3v) is 13.3. The Balaban J connectivity index is 1.55. The van der Waals surface area contributed by atoms with Crippen LogP contribution in [0.4, 0.5) is 0 Å². The van der Waals surface area contributed by atoms with Gasteiger partial charge in [-0.25, -0.2) is 0 Å². The zero-order valence-corrected chi connectivity index (χ0v) is 21.4. The molecule has 0 aliphatic heterocycles. The molecule has 2 nitrogen and oxygen atoms in total. The van der Waals surface area contributed by atoms with Gasteiger partial charge in [0.25, 0.3) is 0 Å². The van der Waals surface area contributed by atoms with Gasteiger partial charge in [-0.05, 0) is 110 Å². The van der Waals surface area contributed by atoms with Crippen molar-refractivity contribution in [1.82, 2.24) is 0 Å². The van der Waals surface area contributed by atoms with Crippen LogP contribution < -0.4 is 0 Å². The van der Waals surface area contributed by atoms with Gasteiger partial charge in [-0.2, -0.15) is 0 Å². The Morgan fingerprint density at radius 2 is 1.39 bits per heavy atom. The third-order valence-electron chi connectivity index (χ3n) is 13.3. The van der Waals surface area contributed by atoms with Crippen LogP contribution >= 0.6 is 0 Å². The molecule has 0 saturated heterocycles. The van der Waals surface area contributed by atoms with E-state index in [1.165, 1.54) is 51.4 Å². The summed E-state index contributed by atoms with van der Waals surface area (Å²) in [6.45, 7) is 17.2. The normalized spacial score (nSPS) is 57.9. The van der Waals surface area contributed by atoms with Crippen LogP contribution in [0.5, 0.6) is 0 Å². The number of hydrogen-bond donors (Lipinski definition) is 1. The van der Waals surface area contributed by atoms with Crippen LogP contribution in [0.15, 0.2) is 0 Å². The molecule has 0 unspecified atom stereocenters. The first kappa shape index (κ1) is 22.4. The predicted molar refractivity (Wildman–Crippen MR) is 127 cm³/mol. The van der Waals surface area contributed by atoms with E-state index in [-0.39, 0.29) is 22.9 Å². The minimum Gasteiger partial charge on any atom is -0.393 e. The summed E-state index contributed by atoms with van der Waals surface area (Å²) >= 11 is 0. The van der Waals surface area contributed by atoms with Gasteiger partial charge >= 0.3 is 0 Å². The van der Waals surface area contributed by atoms with E-state index in [0.29, 0.717) is 40.3 Å². The number of aliphatic hydroxyl groups excluding tert-OH is 1. The summed E-state index contributed by atoms with van der Waals surface area (Å²) < 4.78 is 0. The van der Waals surface area contributed by atoms with Gasteiger partial charge in [-0.15, -0.1) is 0 Å². The second-order valence-corrected chi connectivity index (χ2v) is 14.4. The number of carbonyl (C=O) groups is 1. The highest BCUT2D eigenvalue weighted by Crippen LogP contribution is 2.77. The largest absolute Gasteiger partial charge is 0.393 e. The summed E-state index contributed by atoms with van der Waals surface area (Å²) in [5.74, 6) is 3.01. The van der Waals surface area contributed by atoms with Crippen molar-refractivity contribution >= 4 is 5.78 Å². The first-order valence-corrected chi connectivity index (χ1v) is 13.5. The molecule has 5 aliphatic rings. The molecule has 2 heteroatoms. The fourth-order valence-electron chi connectivity index (χ4n) is 11.7. The molecule has 0 bridgehead atoms. The number of aliphatic hydroxyl groups is 1. The maximum Gasteiger partial charge on any atom is 0.133 e. The molecular weight excluding hydrogens is 380 g/mol. The highest BCUT2D eigenvalue weighted by atomic mass is 16.3. The summed E-state index contributed by atoms with van der Waals surface area (Å²) in [7, 11) is 0. The summed E-state index contributed by atoms with van der Waals surface area (Å²) in [5.41, 5.74) is 1.50. The second kappa shape index (κ2) is 6.61. The Labute approximate surface area is 191 Å². The second-order valence-electron chi connectivity index (χ2n) is 14.4. The first-order chi connectivity index (χ1) is 14.3. The molecule has 0 aromatic heterocycles. The molecule has 10 atom stereocenters. The van der Waals surface area contributed by atoms with Crippen LogP contribution in [0.1, 0.15) is 113 Å². The van der Waals surface area contributed by atoms with Crippen molar-refractivity contribution < 1.29 is 9.90 Å². The summed E-state index contributed by atoms with van der Waals surface area (Å²) in [6.07, 6.45) is 12.3. The molecule has 1 N–H and O–H groups in total. The lowest BCUT2D eigenvalue weighted by atomic mass is 9.32. The lowest BCUT2D eigenvalue weighted by Gasteiger charge is -2.73. The highest BCUT2D eigenvalue weighted by Gasteiger charge is 2.71. The van der Waals surface area contributed by atoms with E-state index < -0.39 is 0 Å². The Morgan fingerprint density at radius 1 is 0.774 bits per heavy atom. The molecule has 0 aromatic carbocycles. The van der Waals surface area contributed by atoms with Crippen LogP contribution in [0.2, 0.25) is 0 Å². The number of rotatable bonds is 1. The van der Waals surface area contributed by atoms with Gasteiger partial charge in [0.2, 0.25) is 0 Å². The molecule has 5 fully saturated rings. The zero-order chi connectivity index (χ0) is 22.6. The van der Waals surface area contributed by atoms with E-state index in [2.05, 4.69) is 41.5 Å². The number of hydrogen-bond acceptors (Lipinski definition) is 2. The maximum atomic E-state index is 12.5. The van der Waals surface area contributed by atoms with Gasteiger partial charge in [0.15, 0.2) is 0 Å². The van der Waals surface area contributed by atoms with Crippen molar-refractivity contribution in [1.29, 1.82) is 0 Å². The first-order valence-electron chi connectivity index (χ1n) is 13.5.